The normalized spacial score (nSPS) is 29.7. The number of ether oxygens (including phenoxy) is 1. The Morgan fingerprint density at radius 3 is 3.07 bits per heavy atom. The molecule has 76 valence electrons. The second-order valence-electron chi connectivity index (χ2n) is 3.67. The lowest BCUT2D eigenvalue weighted by Gasteiger charge is -2.19. The lowest BCUT2D eigenvalue weighted by molar-refractivity contribution is -0.153. The average molecular weight is 236 g/mol. The number of allylic oxidation sites excluding steroid dienone is 1. The highest BCUT2D eigenvalue weighted by Gasteiger charge is 2.44. The molecule has 0 aromatic carbocycles. The van der Waals surface area contributed by atoms with E-state index in [1.165, 1.54) is 5.57 Å². The molecule has 1 aliphatic carbocycles. The van der Waals surface area contributed by atoms with Gasteiger partial charge in [-0.25, -0.2) is 0 Å². The van der Waals surface area contributed by atoms with Gasteiger partial charge in [-0.15, -0.1) is 0 Å². The molecule has 1 heterocycles. The van der Waals surface area contributed by atoms with E-state index in [4.69, 9.17) is 3.48 Å². The van der Waals surface area contributed by atoms with Gasteiger partial charge in [-0.2, -0.15) is 0 Å². The van der Waals surface area contributed by atoms with Crippen molar-refractivity contribution in [2.24, 2.45) is 11.8 Å². The quantitative estimate of drug-likeness (QED) is 0.303. The summed E-state index contributed by atoms with van der Waals surface area (Å²) in [6.07, 6.45) is 3.48. The van der Waals surface area contributed by atoms with Gasteiger partial charge in [-0.1, -0.05) is 11.6 Å². The zero-order chi connectivity index (χ0) is 10.8. The topological polar surface area (TPSA) is 52.6 Å². The maximum absolute atomic E-state index is 11.3. The zero-order valence-electron chi connectivity index (χ0n) is 8.06. The summed E-state index contributed by atoms with van der Waals surface area (Å²) in [4.78, 5) is 22.6. The highest BCUT2D eigenvalue weighted by molar-refractivity contribution is 6.35. The maximum Gasteiger partial charge on any atom is 0.354 e. The first-order valence-corrected chi connectivity index (χ1v) is 6.34. The first-order chi connectivity index (χ1) is 7.22. The molecule has 2 atom stereocenters. The Labute approximate surface area is 98.7 Å². The van der Waals surface area contributed by atoms with Crippen LogP contribution in [0.4, 0.5) is 0 Å². The summed E-state index contributed by atoms with van der Waals surface area (Å²) in [5, 5.41) is 0. The van der Waals surface area contributed by atoms with Gasteiger partial charge in [0.25, 0.3) is 0 Å². The van der Waals surface area contributed by atoms with Crippen LogP contribution < -0.4 is 0 Å². The molecule has 0 spiro atoms. The van der Waals surface area contributed by atoms with Gasteiger partial charge in [0.05, 0.1) is 11.8 Å². The summed E-state index contributed by atoms with van der Waals surface area (Å²) in [5.41, 5.74) is 1.20. The van der Waals surface area contributed by atoms with Gasteiger partial charge in [0.1, 0.15) is 0 Å². The predicted molar refractivity (Wildman–Crippen MR) is 52.8 cm³/mol. The van der Waals surface area contributed by atoms with Crippen LogP contribution in [-0.4, -0.2) is 38.3 Å². The Bertz CT molecular complexity index is 328. The average Bonchev–Trinajstić information content (AvgIpc) is 2.52. The molecule has 2 aliphatic rings. The number of carbonyl (C=O) groups is 2. The van der Waals surface area contributed by atoms with Gasteiger partial charge in [0, 0.05) is 0 Å². The van der Waals surface area contributed by atoms with Crippen LogP contribution in [0.5, 0.6) is 0 Å². The Hall–Kier alpha value is -0.411. The van der Waals surface area contributed by atoms with E-state index in [-0.39, 0.29) is 17.8 Å². The minimum absolute atomic E-state index is 0.235. The molecule has 2 unspecified atom stereocenters. The first kappa shape index (κ1) is 11.1. The molecule has 2 rings (SSSR count). The van der Waals surface area contributed by atoms with E-state index in [0.29, 0.717) is 9.76 Å². The Balaban J connectivity index is 2.07. The number of cyclic esters (lactones) is 2. The fraction of sp³-hybridized carbons (Fsp3) is 0.556. The van der Waals surface area contributed by atoms with Crippen molar-refractivity contribution in [2.75, 3.05) is 0 Å². The predicted octanol–water partition coefficient (Wildman–Crippen LogP) is 0.160. The highest BCUT2D eigenvalue weighted by atomic mass is 28.2. The Kier molecular flexibility index (Phi) is 3.42. The molecule has 1 aliphatic heterocycles. The van der Waals surface area contributed by atoms with E-state index in [1.54, 1.807) is 0 Å². The summed E-state index contributed by atoms with van der Waals surface area (Å²) in [5.74, 6) is -1.32. The Morgan fingerprint density at radius 1 is 1.53 bits per heavy atom. The van der Waals surface area contributed by atoms with Crippen LogP contribution >= 0.6 is 0 Å². The summed E-state index contributed by atoms with van der Waals surface area (Å²) < 4.78 is 9.53. The molecule has 0 aromatic heterocycles. The second-order valence-corrected chi connectivity index (χ2v) is 5.26. The summed E-state index contributed by atoms with van der Waals surface area (Å²) in [6.45, 7) is 0. The number of esters is 2. The largest absolute Gasteiger partial charge is 0.559 e. The molecule has 1 fully saturated rings. The first-order valence-electron chi connectivity index (χ1n) is 4.76. The molecule has 6 heteroatoms. The standard InChI is InChI=1S/C9H9O4Si.Al/c10-8-6-2-1-5(4-14-12)3-7(6)9(11)13-8;/h3,6-7H,1-2,4H2;/q-1;+1. The minimum Gasteiger partial charge on any atom is -0.559 e. The van der Waals surface area contributed by atoms with Crippen LogP contribution in [0.25, 0.3) is 0 Å². The summed E-state index contributed by atoms with van der Waals surface area (Å²) in [7, 11) is 0.393. The third-order valence-corrected chi connectivity index (χ3v) is 4.05. The van der Waals surface area contributed by atoms with E-state index >= 15 is 0 Å². The zero-order valence-corrected chi connectivity index (χ0v) is 10.2. The maximum atomic E-state index is 11.3. The van der Waals surface area contributed by atoms with Gasteiger partial charge >= 0.3 is 28.6 Å². The van der Waals surface area contributed by atoms with Crippen LogP contribution in [0.2, 0.25) is 6.04 Å². The van der Waals surface area contributed by atoms with Crippen molar-refractivity contribution in [3.8, 4) is 0 Å². The summed E-state index contributed by atoms with van der Waals surface area (Å²) >= 11 is 2.21. The van der Waals surface area contributed by atoms with Crippen molar-refractivity contribution in [1.82, 2.24) is 0 Å². The molecule has 0 N–H and O–H groups in total. The fourth-order valence-electron chi connectivity index (χ4n) is 2.00. The van der Waals surface area contributed by atoms with Crippen molar-refractivity contribution in [3.05, 3.63) is 11.6 Å². The van der Waals surface area contributed by atoms with Gasteiger partial charge in [-0.3, -0.25) is 9.59 Å². The minimum atomic E-state index is -0.391. The number of rotatable bonds is 3. The lowest BCUT2D eigenvalue weighted by Crippen LogP contribution is -2.20. The molecule has 0 bridgehead atoms. The van der Waals surface area contributed by atoms with E-state index in [0.717, 1.165) is 18.9 Å². The molecule has 0 aromatic rings. The number of hydrogen-bond acceptors (Lipinski definition) is 4. The molecule has 0 amide bonds. The molecular formula is C9H9AlO4Si. The van der Waals surface area contributed by atoms with Crippen molar-refractivity contribution in [1.29, 1.82) is 0 Å². The number of fused-ring (bicyclic) bond motifs is 1. The van der Waals surface area contributed by atoms with E-state index < -0.39 is 5.97 Å². The molecule has 4 nitrogen and oxygen atoms in total. The van der Waals surface area contributed by atoms with Crippen LogP contribution in [-0.2, 0) is 17.8 Å². The molecule has 1 saturated heterocycles. The SMILES string of the molecule is O=C1OC(=O)C2CCC(C[Si][O][Al])=CC12. The highest BCUT2D eigenvalue weighted by Crippen LogP contribution is 2.36. The van der Waals surface area contributed by atoms with Crippen molar-refractivity contribution >= 4 is 38.3 Å². The summed E-state index contributed by atoms with van der Waals surface area (Å²) in [6, 6.07) is 0.841. The fourth-order valence-corrected chi connectivity index (χ4v) is 2.81. The molecular weight excluding hydrogens is 227 g/mol. The smallest absolute Gasteiger partial charge is 0.354 e. The molecule has 4 radical (unpaired) electrons. The van der Waals surface area contributed by atoms with Crippen LogP contribution in [0.3, 0.4) is 0 Å². The monoisotopic (exact) mass is 236 g/mol. The van der Waals surface area contributed by atoms with Crippen LogP contribution in [0.1, 0.15) is 12.8 Å². The third-order valence-electron chi connectivity index (χ3n) is 2.78. The number of hydrogen-bond donors (Lipinski definition) is 0. The van der Waals surface area contributed by atoms with Crippen LogP contribution in [0, 0.1) is 11.8 Å². The number of carbonyl (C=O) groups excluding carboxylic acids is 2. The van der Waals surface area contributed by atoms with Crippen molar-refractivity contribution in [3.63, 3.8) is 0 Å². The molecule has 15 heavy (non-hydrogen) atoms. The second kappa shape index (κ2) is 4.62. The van der Waals surface area contributed by atoms with Gasteiger partial charge in [0.15, 0.2) is 9.76 Å². The van der Waals surface area contributed by atoms with Crippen molar-refractivity contribution in [2.45, 2.75) is 18.9 Å². The van der Waals surface area contributed by atoms with Crippen LogP contribution in [0.15, 0.2) is 11.6 Å². The molecule has 0 saturated carbocycles. The van der Waals surface area contributed by atoms with E-state index in [2.05, 4.69) is 21.4 Å². The lowest BCUT2D eigenvalue weighted by atomic mass is 9.83. The van der Waals surface area contributed by atoms with E-state index in [1.807, 2.05) is 6.08 Å². The van der Waals surface area contributed by atoms with Gasteiger partial charge in [-0.05, 0) is 18.9 Å². The van der Waals surface area contributed by atoms with E-state index in [9.17, 15) is 9.59 Å². The Morgan fingerprint density at radius 2 is 2.33 bits per heavy atom. The van der Waals surface area contributed by atoms with Gasteiger partial charge in [0.2, 0.25) is 0 Å². The van der Waals surface area contributed by atoms with Gasteiger partial charge < -0.3 is 8.21 Å². The van der Waals surface area contributed by atoms with Crippen molar-refractivity contribution < 1.29 is 17.8 Å². The third kappa shape index (κ3) is 2.23.